The van der Waals surface area contributed by atoms with Crippen LogP contribution in [0.3, 0.4) is 0 Å². The molecule has 0 aromatic rings. The van der Waals surface area contributed by atoms with Gasteiger partial charge in [-0.2, -0.15) is 0 Å². The molecule has 108 valence electrons. The van der Waals surface area contributed by atoms with Crippen LogP contribution in [0.15, 0.2) is 0 Å². The molecule has 5 heteroatoms. The van der Waals surface area contributed by atoms with Crippen molar-refractivity contribution in [1.82, 2.24) is 10.2 Å². The summed E-state index contributed by atoms with van der Waals surface area (Å²) in [5, 5.41) is 2.79. The molecule has 0 aromatic heterocycles. The predicted octanol–water partition coefficient (Wildman–Crippen LogP) is 1.07. The largest absolute Gasteiger partial charge is 0.371 e. The van der Waals surface area contributed by atoms with E-state index < -0.39 is 5.54 Å². The molecule has 0 bridgehead atoms. The molecule has 1 N–H and O–H groups in total. The fourth-order valence-electron chi connectivity index (χ4n) is 2.83. The number of hydrogen-bond acceptors (Lipinski definition) is 3. The Kier molecular flexibility index (Phi) is 3.60. The number of ether oxygens (including phenoxy) is 1. The van der Waals surface area contributed by atoms with E-state index >= 15 is 0 Å². The molecule has 2 heterocycles. The van der Waals surface area contributed by atoms with Crippen molar-refractivity contribution in [3.8, 4) is 0 Å². The Bertz CT molecular complexity index is 394. The van der Waals surface area contributed by atoms with Crippen molar-refractivity contribution in [2.45, 2.75) is 64.2 Å². The van der Waals surface area contributed by atoms with Crippen LogP contribution in [0.5, 0.6) is 0 Å². The van der Waals surface area contributed by atoms with Gasteiger partial charge in [0, 0.05) is 6.54 Å². The minimum atomic E-state index is -0.760. The summed E-state index contributed by atoms with van der Waals surface area (Å²) in [4.78, 5) is 25.8. The zero-order chi connectivity index (χ0) is 14.3. The van der Waals surface area contributed by atoms with E-state index in [4.69, 9.17) is 4.74 Å². The summed E-state index contributed by atoms with van der Waals surface area (Å²) in [6.07, 6.45) is 2.59. The first-order chi connectivity index (χ1) is 8.76. The van der Waals surface area contributed by atoms with Crippen LogP contribution in [-0.4, -0.2) is 47.0 Å². The Morgan fingerprint density at radius 3 is 2.58 bits per heavy atom. The quantitative estimate of drug-likeness (QED) is 0.833. The van der Waals surface area contributed by atoms with E-state index in [1.807, 2.05) is 6.92 Å². The summed E-state index contributed by atoms with van der Waals surface area (Å²) < 4.78 is 5.91. The minimum Gasteiger partial charge on any atom is -0.371 e. The maximum atomic E-state index is 12.4. The summed E-state index contributed by atoms with van der Waals surface area (Å²) in [7, 11) is 0. The van der Waals surface area contributed by atoms with Gasteiger partial charge in [0.25, 0.3) is 0 Å². The van der Waals surface area contributed by atoms with Gasteiger partial charge in [0.1, 0.15) is 5.54 Å². The molecule has 2 unspecified atom stereocenters. The average Bonchev–Trinajstić information content (AvgIpc) is 2.65. The van der Waals surface area contributed by atoms with Crippen molar-refractivity contribution in [3.63, 3.8) is 0 Å². The molecule has 0 aliphatic carbocycles. The lowest BCUT2D eigenvalue weighted by atomic mass is 9.94. The molecular weight excluding hydrogens is 244 g/mol. The molecule has 0 radical (unpaired) electrons. The van der Waals surface area contributed by atoms with Gasteiger partial charge >= 0.3 is 0 Å². The van der Waals surface area contributed by atoms with E-state index in [0.29, 0.717) is 13.0 Å². The Labute approximate surface area is 114 Å². The highest BCUT2D eigenvalue weighted by Gasteiger charge is 2.43. The van der Waals surface area contributed by atoms with Crippen LogP contribution in [-0.2, 0) is 14.3 Å². The molecule has 2 aliphatic rings. The van der Waals surface area contributed by atoms with Crippen molar-refractivity contribution in [1.29, 1.82) is 0 Å². The van der Waals surface area contributed by atoms with E-state index in [1.54, 1.807) is 11.8 Å². The van der Waals surface area contributed by atoms with Crippen LogP contribution in [0.1, 0.15) is 47.0 Å². The van der Waals surface area contributed by atoms with Gasteiger partial charge in [0.05, 0.1) is 18.2 Å². The topological polar surface area (TPSA) is 58.6 Å². The first-order valence-electron chi connectivity index (χ1n) is 7.04. The van der Waals surface area contributed by atoms with E-state index in [9.17, 15) is 9.59 Å². The lowest BCUT2D eigenvalue weighted by Gasteiger charge is -2.40. The van der Waals surface area contributed by atoms with Crippen molar-refractivity contribution >= 4 is 11.8 Å². The zero-order valence-corrected chi connectivity index (χ0v) is 12.3. The van der Waals surface area contributed by atoms with Gasteiger partial charge in [-0.1, -0.05) is 6.92 Å². The molecule has 0 saturated carbocycles. The standard InChI is InChI=1S/C14H24N2O3/c1-5-14(4)12(18)16(9-11(17)15-14)8-10-6-7-13(2,3)19-10/h10H,5-9H2,1-4H3,(H,15,17). The predicted molar refractivity (Wildman–Crippen MR) is 71.6 cm³/mol. The number of nitrogens with zero attached hydrogens (tertiary/aromatic N) is 1. The van der Waals surface area contributed by atoms with Gasteiger partial charge in [-0.3, -0.25) is 9.59 Å². The number of hydrogen-bond donors (Lipinski definition) is 1. The highest BCUT2D eigenvalue weighted by Crippen LogP contribution is 2.30. The second-order valence-electron chi connectivity index (χ2n) is 6.46. The second-order valence-corrected chi connectivity index (χ2v) is 6.46. The first kappa shape index (κ1) is 14.3. The molecule has 2 aliphatic heterocycles. The summed E-state index contributed by atoms with van der Waals surface area (Å²) in [6.45, 7) is 8.50. The lowest BCUT2D eigenvalue weighted by molar-refractivity contribution is -0.151. The minimum absolute atomic E-state index is 0.00269. The number of amides is 2. The summed E-state index contributed by atoms with van der Waals surface area (Å²) in [5.41, 5.74) is -0.872. The smallest absolute Gasteiger partial charge is 0.248 e. The third-order valence-electron chi connectivity index (χ3n) is 4.19. The Hall–Kier alpha value is -1.10. The third kappa shape index (κ3) is 2.91. The average molecular weight is 268 g/mol. The third-order valence-corrected chi connectivity index (χ3v) is 4.19. The summed E-state index contributed by atoms with van der Waals surface area (Å²) in [5.74, 6) is -0.0795. The van der Waals surface area contributed by atoms with Crippen molar-refractivity contribution < 1.29 is 14.3 Å². The van der Waals surface area contributed by atoms with Crippen LogP contribution in [0.25, 0.3) is 0 Å². The number of piperazine rings is 1. The van der Waals surface area contributed by atoms with Crippen molar-refractivity contribution in [2.75, 3.05) is 13.1 Å². The van der Waals surface area contributed by atoms with Gasteiger partial charge in [-0.15, -0.1) is 0 Å². The van der Waals surface area contributed by atoms with E-state index in [2.05, 4.69) is 19.2 Å². The Morgan fingerprint density at radius 2 is 2.05 bits per heavy atom. The van der Waals surface area contributed by atoms with Crippen LogP contribution < -0.4 is 5.32 Å². The molecule has 2 fully saturated rings. The maximum Gasteiger partial charge on any atom is 0.248 e. The Morgan fingerprint density at radius 1 is 1.37 bits per heavy atom. The summed E-state index contributed by atoms with van der Waals surface area (Å²) >= 11 is 0. The van der Waals surface area contributed by atoms with E-state index in [1.165, 1.54) is 0 Å². The highest BCUT2D eigenvalue weighted by atomic mass is 16.5. The first-order valence-corrected chi connectivity index (χ1v) is 7.04. The summed E-state index contributed by atoms with van der Waals surface area (Å²) in [6, 6.07) is 0. The van der Waals surface area contributed by atoms with Crippen molar-refractivity contribution in [3.05, 3.63) is 0 Å². The zero-order valence-electron chi connectivity index (χ0n) is 12.3. The van der Waals surface area contributed by atoms with Gasteiger partial charge in [-0.05, 0) is 40.0 Å². The van der Waals surface area contributed by atoms with Gasteiger partial charge < -0.3 is 15.0 Å². The molecule has 2 saturated heterocycles. The molecule has 2 atom stereocenters. The van der Waals surface area contributed by atoms with Crippen LogP contribution in [0.2, 0.25) is 0 Å². The van der Waals surface area contributed by atoms with E-state index in [0.717, 1.165) is 12.8 Å². The van der Waals surface area contributed by atoms with E-state index in [-0.39, 0.29) is 30.1 Å². The molecule has 2 amide bonds. The normalized spacial score (nSPS) is 34.5. The number of carbonyl (C=O) groups excluding carboxylic acids is 2. The molecule has 5 nitrogen and oxygen atoms in total. The fraction of sp³-hybridized carbons (Fsp3) is 0.857. The molecule has 0 aromatic carbocycles. The number of carbonyl (C=O) groups is 2. The number of rotatable bonds is 3. The molecule has 0 spiro atoms. The van der Waals surface area contributed by atoms with Gasteiger partial charge in [0.15, 0.2) is 0 Å². The Balaban J connectivity index is 2.03. The molecule has 19 heavy (non-hydrogen) atoms. The van der Waals surface area contributed by atoms with Gasteiger partial charge in [-0.25, -0.2) is 0 Å². The van der Waals surface area contributed by atoms with Crippen molar-refractivity contribution in [2.24, 2.45) is 0 Å². The number of nitrogens with one attached hydrogen (secondary N) is 1. The van der Waals surface area contributed by atoms with Gasteiger partial charge in [0.2, 0.25) is 11.8 Å². The van der Waals surface area contributed by atoms with Crippen LogP contribution >= 0.6 is 0 Å². The van der Waals surface area contributed by atoms with Crippen LogP contribution in [0, 0.1) is 0 Å². The van der Waals surface area contributed by atoms with Crippen LogP contribution in [0.4, 0.5) is 0 Å². The molecule has 2 rings (SSSR count). The molecular formula is C14H24N2O3. The SMILES string of the molecule is CCC1(C)NC(=O)CN(CC2CCC(C)(C)O2)C1=O. The monoisotopic (exact) mass is 268 g/mol. The lowest BCUT2D eigenvalue weighted by Crippen LogP contribution is -2.65. The highest BCUT2D eigenvalue weighted by molar-refractivity contribution is 5.97. The maximum absolute atomic E-state index is 12.4. The second kappa shape index (κ2) is 4.78. The fourth-order valence-corrected chi connectivity index (χ4v) is 2.83.